The van der Waals surface area contributed by atoms with E-state index in [1.165, 1.54) is 11.3 Å². The summed E-state index contributed by atoms with van der Waals surface area (Å²) >= 11 is 7.65. The number of nitrogens with one attached hydrogen (secondary N) is 1. The highest BCUT2D eigenvalue weighted by atomic mass is 35.5. The molecule has 0 radical (unpaired) electrons. The number of benzene rings is 2. The topological polar surface area (TPSA) is 48.5 Å². The quantitative estimate of drug-likeness (QED) is 0.624. The Morgan fingerprint density at radius 1 is 1.10 bits per heavy atom. The summed E-state index contributed by atoms with van der Waals surface area (Å²) in [6.45, 7) is 4.90. The summed E-state index contributed by atoms with van der Waals surface area (Å²) in [5.74, 6) is -0.103. The number of nitrogens with zero attached hydrogens (tertiary/aromatic N) is 3. The van der Waals surface area contributed by atoms with Crippen LogP contribution in [0.5, 0.6) is 0 Å². The fourth-order valence-electron chi connectivity index (χ4n) is 3.58. The molecule has 2 heterocycles. The Balaban J connectivity index is 1.50. The number of hydrogen-bond donors (Lipinski definition) is 1. The Morgan fingerprint density at radius 3 is 2.53 bits per heavy atom. The second-order valence-corrected chi connectivity index (χ2v) is 8.99. The Bertz CT molecular complexity index is 986. The number of hydrogen-bond acceptors (Lipinski definition) is 5. The van der Waals surface area contributed by atoms with Gasteiger partial charge >= 0.3 is 0 Å². The molecule has 1 atom stereocenters. The first kappa shape index (κ1) is 21.0. The monoisotopic (exact) mass is 440 g/mol. The molecular weight excluding hydrogens is 416 g/mol. The van der Waals surface area contributed by atoms with E-state index >= 15 is 0 Å². The van der Waals surface area contributed by atoms with Crippen LogP contribution in [0.4, 0.5) is 0 Å². The van der Waals surface area contributed by atoms with E-state index in [0.717, 1.165) is 48.9 Å². The summed E-state index contributed by atoms with van der Waals surface area (Å²) in [6, 6.07) is 17.7. The number of aromatic nitrogens is 1. The maximum Gasteiger partial charge on any atom is 0.263 e. The van der Waals surface area contributed by atoms with Crippen molar-refractivity contribution in [2.45, 2.75) is 6.04 Å². The van der Waals surface area contributed by atoms with Crippen LogP contribution in [-0.2, 0) is 0 Å². The van der Waals surface area contributed by atoms with Gasteiger partial charge < -0.3 is 10.2 Å². The zero-order valence-electron chi connectivity index (χ0n) is 16.9. The molecule has 1 fully saturated rings. The molecule has 1 aromatic heterocycles. The molecule has 1 saturated heterocycles. The average Bonchev–Trinajstić information content (AvgIpc) is 3.26. The van der Waals surface area contributed by atoms with Gasteiger partial charge in [0.05, 0.1) is 17.3 Å². The van der Waals surface area contributed by atoms with Gasteiger partial charge in [-0.05, 0) is 18.7 Å². The van der Waals surface area contributed by atoms with E-state index in [9.17, 15) is 4.79 Å². The number of halogens is 1. The second kappa shape index (κ2) is 9.71. The maximum atomic E-state index is 13.1. The minimum absolute atomic E-state index is 0.0760. The minimum Gasteiger partial charge on any atom is -0.343 e. The summed E-state index contributed by atoms with van der Waals surface area (Å²) in [5.41, 5.74) is 1.96. The Labute approximate surface area is 186 Å². The van der Waals surface area contributed by atoms with Gasteiger partial charge in [-0.2, -0.15) is 0 Å². The third-order valence-electron chi connectivity index (χ3n) is 5.38. The van der Waals surface area contributed by atoms with Crippen LogP contribution in [0.2, 0.25) is 5.02 Å². The normalized spacial score (nSPS) is 16.3. The number of carbonyl (C=O) groups is 1. The number of amides is 1. The van der Waals surface area contributed by atoms with Crippen molar-refractivity contribution in [3.8, 4) is 10.6 Å². The van der Waals surface area contributed by atoms with Gasteiger partial charge in [0.25, 0.3) is 5.91 Å². The summed E-state index contributed by atoms with van der Waals surface area (Å²) in [6.07, 6.45) is 1.64. The van der Waals surface area contributed by atoms with Crippen LogP contribution >= 0.6 is 22.9 Å². The van der Waals surface area contributed by atoms with Crippen molar-refractivity contribution in [2.75, 3.05) is 39.8 Å². The van der Waals surface area contributed by atoms with E-state index in [2.05, 4.69) is 39.3 Å². The molecular formula is C23H25ClN4OS. The van der Waals surface area contributed by atoms with Crippen LogP contribution < -0.4 is 5.32 Å². The molecule has 1 aliphatic rings. The first-order valence-corrected chi connectivity index (χ1v) is 11.3. The molecule has 0 bridgehead atoms. The molecule has 0 spiro atoms. The molecule has 3 aromatic rings. The van der Waals surface area contributed by atoms with E-state index in [4.69, 9.17) is 11.6 Å². The van der Waals surface area contributed by atoms with E-state index in [1.54, 1.807) is 6.20 Å². The van der Waals surface area contributed by atoms with Crippen molar-refractivity contribution in [3.63, 3.8) is 0 Å². The van der Waals surface area contributed by atoms with Gasteiger partial charge in [0.2, 0.25) is 0 Å². The van der Waals surface area contributed by atoms with E-state index in [0.29, 0.717) is 9.90 Å². The standard InChI is InChI=1S/C23H25ClN4OS/c1-27-11-13-28(14-12-27)16-20(17-7-3-2-4-8-17)26-22(29)21-15-25-23(30-21)18-9-5-6-10-19(18)24/h2-10,15,20H,11-14,16H2,1H3,(H,26,29). The lowest BCUT2D eigenvalue weighted by atomic mass is 10.1. The van der Waals surface area contributed by atoms with Crippen molar-refractivity contribution in [1.82, 2.24) is 20.1 Å². The lowest BCUT2D eigenvalue weighted by molar-refractivity contribution is 0.0911. The fraction of sp³-hybridized carbons (Fsp3) is 0.304. The first-order chi connectivity index (χ1) is 14.6. The Hall–Kier alpha value is -2.25. The number of carbonyl (C=O) groups excluding carboxylic acids is 1. The van der Waals surface area contributed by atoms with Gasteiger partial charge in [0, 0.05) is 38.3 Å². The van der Waals surface area contributed by atoms with E-state index in [-0.39, 0.29) is 11.9 Å². The third-order valence-corrected chi connectivity index (χ3v) is 6.74. The van der Waals surface area contributed by atoms with Gasteiger partial charge in [0.15, 0.2) is 0 Å². The molecule has 0 saturated carbocycles. The highest BCUT2D eigenvalue weighted by Crippen LogP contribution is 2.31. The Kier molecular flexibility index (Phi) is 6.79. The minimum atomic E-state index is -0.103. The SMILES string of the molecule is CN1CCN(CC(NC(=O)c2cnc(-c3ccccc3Cl)s2)c2ccccc2)CC1. The largest absolute Gasteiger partial charge is 0.343 e. The summed E-state index contributed by atoms with van der Waals surface area (Å²) in [5, 5.41) is 4.62. The van der Waals surface area contributed by atoms with Crippen molar-refractivity contribution < 1.29 is 4.79 Å². The summed E-state index contributed by atoms with van der Waals surface area (Å²) in [7, 11) is 2.15. The molecule has 7 heteroatoms. The average molecular weight is 441 g/mol. The van der Waals surface area contributed by atoms with Crippen LogP contribution in [0.1, 0.15) is 21.3 Å². The van der Waals surface area contributed by atoms with Crippen LogP contribution in [0.15, 0.2) is 60.8 Å². The molecule has 1 aliphatic heterocycles. The lowest BCUT2D eigenvalue weighted by Gasteiger charge is -2.35. The molecule has 4 rings (SSSR count). The molecule has 156 valence electrons. The van der Waals surface area contributed by atoms with Crippen LogP contribution in [0.25, 0.3) is 10.6 Å². The molecule has 0 aliphatic carbocycles. The molecule has 1 amide bonds. The van der Waals surface area contributed by atoms with E-state index < -0.39 is 0 Å². The molecule has 2 aromatic carbocycles. The molecule has 5 nitrogen and oxygen atoms in total. The Morgan fingerprint density at radius 2 is 1.80 bits per heavy atom. The molecule has 1 unspecified atom stereocenters. The lowest BCUT2D eigenvalue weighted by Crippen LogP contribution is -2.47. The number of rotatable bonds is 6. The number of piperazine rings is 1. The summed E-state index contributed by atoms with van der Waals surface area (Å²) < 4.78 is 0. The van der Waals surface area contributed by atoms with E-state index in [1.807, 2.05) is 42.5 Å². The van der Waals surface area contributed by atoms with Gasteiger partial charge in [-0.3, -0.25) is 9.69 Å². The zero-order chi connectivity index (χ0) is 20.9. The predicted molar refractivity (Wildman–Crippen MR) is 123 cm³/mol. The van der Waals surface area contributed by atoms with Crippen molar-refractivity contribution in [1.29, 1.82) is 0 Å². The van der Waals surface area contributed by atoms with Crippen molar-refractivity contribution >= 4 is 28.8 Å². The van der Waals surface area contributed by atoms with Gasteiger partial charge in [-0.1, -0.05) is 60.1 Å². The van der Waals surface area contributed by atoms with Crippen LogP contribution in [0, 0.1) is 0 Å². The highest BCUT2D eigenvalue weighted by molar-refractivity contribution is 7.17. The van der Waals surface area contributed by atoms with Crippen LogP contribution in [-0.4, -0.2) is 60.5 Å². The number of likely N-dealkylation sites (N-methyl/N-ethyl adjacent to an activating group) is 1. The van der Waals surface area contributed by atoms with Gasteiger partial charge in [0.1, 0.15) is 9.88 Å². The zero-order valence-corrected chi connectivity index (χ0v) is 18.5. The van der Waals surface area contributed by atoms with Crippen LogP contribution in [0.3, 0.4) is 0 Å². The molecule has 1 N–H and O–H groups in total. The fourth-order valence-corrected chi connectivity index (χ4v) is 4.72. The van der Waals surface area contributed by atoms with Gasteiger partial charge in [-0.15, -0.1) is 11.3 Å². The van der Waals surface area contributed by atoms with Crippen molar-refractivity contribution in [3.05, 3.63) is 76.3 Å². The highest BCUT2D eigenvalue weighted by Gasteiger charge is 2.23. The predicted octanol–water partition coefficient (Wildman–Crippen LogP) is 4.18. The van der Waals surface area contributed by atoms with Gasteiger partial charge in [-0.25, -0.2) is 4.98 Å². The maximum absolute atomic E-state index is 13.1. The first-order valence-electron chi connectivity index (χ1n) is 10.1. The summed E-state index contributed by atoms with van der Waals surface area (Å²) in [4.78, 5) is 22.8. The second-order valence-electron chi connectivity index (χ2n) is 7.55. The third kappa shape index (κ3) is 5.08. The number of thiazole rings is 1. The smallest absolute Gasteiger partial charge is 0.263 e. The van der Waals surface area contributed by atoms with Crippen molar-refractivity contribution in [2.24, 2.45) is 0 Å². The molecule has 30 heavy (non-hydrogen) atoms.